The SMILES string of the molecule is CN[C@@H]1[C@H](O[C@H]2[C@H](O[C@H]3[C@H](O)[C@@H](O)[C@H](NC(=N)N)[C@@H](O)[C@@H]3NC(=N)N)O[C@@H](CO)[C@]2(O)C=O)O[C@@H](CO)[C@H](O)[C@H]1O.[CaH2]. The van der Waals surface area contributed by atoms with Gasteiger partial charge >= 0.3 is 37.7 Å². The summed E-state index contributed by atoms with van der Waals surface area (Å²) in [5, 5.41) is 106. The number of hydrogen-bond donors (Lipinski definition) is 15. The summed E-state index contributed by atoms with van der Waals surface area (Å²) < 4.78 is 22.7. The first-order valence-corrected chi connectivity index (χ1v) is 12.6. The molecule has 0 radical (unpaired) electrons. The van der Waals surface area contributed by atoms with E-state index < -0.39 is 116 Å². The van der Waals surface area contributed by atoms with Gasteiger partial charge in [-0.3, -0.25) is 15.6 Å². The molecule has 0 spiro atoms. The molecule has 3 aliphatic rings. The van der Waals surface area contributed by atoms with Gasteiger partial charge in [0.15, 0.2) is 36.4 Å². The third-order valence-electron chi connectivity index (χ3n) is 7.45. The fourth-order valence-electron chi connectivity index (χ4n) is 5.26. The van der Waals surface area contributed by atoms with Crippen molar-refractivity contribution in [2.45, 2.75) is 91.2 Å². The fraction of sp³-hybridized carbons (Fsp3) is 0.857. The van der Waals surface area contributed by atoms with Crippen molar-refractivity contribution in [1.82, 2.24) is 16.0 Å². The second-order valence-corrected chi connectivity index (χ2v) is 10.00. The Morgan fingerprint density at radius 1 is 0.857 bits per heavy atom. The van der Waals surface area contributed by atoms with Crippen LogP contribution in [0.15, 0.2) is 0 Å². The molecule has 3 rings (SSSR count). The minimum atomic E-state index is -2.63. The summed E-state index contributed by atoms with van der Waals surface area (Å²) >= 11 is 0. The first-order chi connectivity index (χ1) is 19.2. The van der Waals surface area contributed by atoms with E-state index in [1.807, 2.05) is 0 Å². The van der Waals surface area contributed by atoms with Crippen LogP contribution in [0.25, 0.3) is 0 Å². The van der Waals surface area contributed by atoms with Crippen LogP contribution in [-0.2, 0) is 23.7 Å². The van der Waals surface area contributed by atoms with Crippen molar-refractivity contribution in [3.8, 4) is 0 Å². The molecular formula is C21H41CaN7O13. The van der Waals surface area contributed by atoms with Gasteiger partial charge in [-0.05, 0) is 7.05 Å². The molecule has 0 bridgehead atoms. The van der Waals surface area contributed by atoms with Gasteiger partial charge in [-0.2, -0.15) is 0 Å². The minimum absolute atomic E-state index is 0. The van der Waals surface area contributed by atoms with Gasteiger partial charge in [0, 0.05) is 0 Å². The number of carbonyl (C=O) groups is 1. The van der Waals surface area contributed by atoms with Gasteiger partial charge in [-0.1, -0.05) is 0 Å². The van der Waals surface area contributed by atoms with E-state index >= 15 is 0 Å². The third kappa shape index (κ3) is 7.25. The quantitative estimate of drug-likeness (QED) is 0.0456. The van der Waals surface area contributed by atoms with Crippen molar-refractivity contribution < 1.29 is 64.6 Å². The maximum atomic E-state index is 12.1. The number of aliphatic hydroxyl groups is 8. The Balaban J connectivity index is 0.00000616. The summed E-state index contributed by atoms with van der Waals surface area (Å²) in [6.45, 7) is -1.68. The van der Waals surface area contributed by atoms with Crippen LogP contribution in [0, 0.1) is 10.8 Å². The molecule has 1 aliphatic carbocycles. The Kier molecular flexibility index (Phi) is 13.5. The van der Waals surface area contributed by atoms with Gasteiger partial charge < -0.3 is 87.2 Å². The van der Waals surface area contributed by atoms with Gasteiger partial charge in [0.2, 0.25) is 0 Å². The number of aliphatic hydroxyl groups excluding tert-OH is 7. The Morgan fingerprint density at radius 2 is 1.43 bits per heavy atom. The van der Waals surface area contributed by atoms with E-state index in [0.717, 1.165) is 0 Å². The normalized spacial score (nSPS) is 45.5. The second kappa shape index (κ2) is 15.3. The van der Waals surface area contributed by atoms with Crippen LogP contribution >= 0.6 is 0 Å². The number of rotatable bonds is 10. The molecule has 17 N–H and O–H groups in total. The molecule has 0 unspecified atom stereocenters. The average Bonchev–Trinajstić information content (AvgIpc) is 3.19. The molecule has 0 amide bonds. The molecule has 0 aromatic heterocycles. The van der Waals surface area contributed by atoms with Crippen LogP contribution in [0.4, 0.5) is 0 Å². The van der Waals surface area contributed by atoms with Crippen LogP contribution in [-0.4, -0.2) is 208 Å². The van der Waals surface area contributed by atoms with E-state index in [2.05, 4.69) is 16.0 Å². The summed E-state index contributed by atoms with van der Waals surface area (Å²) in [5.74, 6) is -1.35. The number of carbonyl (C=O) groups excluding carboxylic acids is 1. The van der Waals surface area contributed by atoms with Crippen molar-refractivity contribution in [1.29, 1.82) is 10.8 Å². The molecule has 240 valence electrons. The van der Waals surface area contributed by atoms with Gasteiger partial charge in [0.1, 0.15) is 48.8 Å². The number of nitrogens with one attached hydrogen (secondary N) is 5. The van der Waals surface area contributed by atoms with E-state index in [-0.39, 0.29) is 44.0 Å². The van der Waals surface area contributed by atoms with Crippen LogP contribution in [0.2, 0.25) is 0 Å². The van der Waals surface area contributed by atoms with E-state index in [1.165, 1.54) is 7.05 Å². The molecule has 15 atom stereocenters. The first-order valence-electron chi connectivity index (χ1n) is 12.6. The molecule has 1 saturated carbocycles. The molecule has 0 aromatic carbocycles. The predicted octanol–water partition coefficient (Wildman–Crippen LogP) is -9.69. The van der Waals surface area contributed by atoms with Crippen molar-refractivity contribution in [3.05, 3.63) is 0 Å². The van der Waals surface area contributed by atoms with Gasteiger partial charge in [-0.25, -0.2) is 0 Å². The Bertz CT molecular complexity index is 945. The molecule has 42 heavy (non-hydrogen) atoms. The van der Waals surface area contributed by atoms with Crippen molar-refractivity contribution >= 4 is 55.9 Å². The van der Waals surface area contributed by atoms with E-state index in [1.54, 1.807) is 0 Å². The van der Waals surface area contributed by atoms with Crippen molar-refractivity contribution in [3.63, 3.8) is 0 Å². The summed E-state index contributed by atoms with van der Waals surface area (Å²) in [4.78, 5) is 12.1. The zero-order valence-corrected chi connectivity index (χ0v) is 21.8. The molecule has 20 nitrogen and oxygen atoms in total. The Labute approximate surface area is 269 Å². The number of ether oxygens (including phenoxy) is 4. The Morgan fingerprint density at radius 3 is 1.93 bits per heavy atom. The van der Waals surface area contributed by atoms with E-state index in [4.69, 9.17) is 41.2 Å². The van der Waals surface area contributed by atoms with Crippen LogP contribution in [0.5, 0.6) is 0 Å². The average molecular weight is 640 g/mol. The molecular weight excluding hydrogens is 598 g/mol. The number of guanidine groups is 2. The molecule has 0 aromatic rings. The topological polar surface area (TPSA) is 352 Å². The number of aldehydes is 1. The second-order valence-electron chi connectivity index (χ2n) is 10.00. The first kappa shape index (κ1) is 37.1. The third-order valence-corrected chi connectivity index (χ3v) is 7.45. The van der Waals surface area contributed by atoms with Crippen molar-refractivity contribution in [2.24, 2.45) is 11.5 Å². The van der Waals surface area contributed by atoms with E-state index in [9.17, 15) is 45.6 Å². The van der Waals surface area contributed by atoms with Crippen molar-refractivity contribution in [2.75, 3.05) is 20.3 Å². The standard InChI is InChI=1S/C21H39N7O13.Ca.2H/c1-26-9-13(35)10(32)5(2-29)38-17(9)41-16-18(39-6(3-30)21(16,37)4-31)40-15-8(28-20(24)25)11(33)7(27-19(22)23)12(34)14(15)36;;;/h4-18,26,29-30,32-37H,2-3H2,1H3,(H4,22,23,27)(H4,24,25,28);;;/t5-,6-,7+,8-,9-,10-,11+,12-,13-,14+,15+,16-,17-,18-,21+;;;/m0.../s1. The molecule has 2 aliphatic heterocycles. The zero-order chi connectivity index (χ0) is 30.8. The zero-order valence-electron chi connectivity index (χ0n) is 21.8. The van der Waals surface area contributed by atoms with Gasteiger partial charge in [0.25, 0.3) is 0 Å². The molecule has 21 heteroatoms. The fourth-order valence-corrected chi connectivity index (χ4v) is 5.26. The van der Waals surface area contributed by atoms with Crippen LogP contribution in [0.1, 0.15) is 0 Å². The maximum absolute atomic E-state index is 12.1. The summed E-state index contributed by atoms with van der Waals surface area (Å²) in [7, 11) is 1.38. The van der Waals surface area contributed by atoms with Crippen LogP contribution in [0.3, 0.4) is 0 Å². The summed E-state index contributed by atoms with van der Waals surface area (Å²) in [6.07, 6.45) is -18.6. The van der Waals surface area contributed by atoms with Gasteiger partial charge in [-0.15, -0.1) is 0 Å². The Hall–Kier alpha value is -1.05. The molecule has 3 fully saturated rings. The number of hydrogen-bond acceptors (Lipinski definition) is 16. The number of likely N-dealkylation sites (N-methyl/N-ethyl adjacent to an activating group) is 1. The summed E-state index contributed by atoms with van der Waals surface area (Å²) in [5.41, 5.74) is 8.12. The molecule has 2 heterocycles. The molecule has 2 saturated heterocycles. The van der Waals surface area contributed by atoms with Crippen LogP contribution < -0.4 is 27.4 Å². The number of nitrogens with two attached hydrogens (primary N) is 2. The predicted molar refractivity (Wildman–Crippen MR) is 141 cm³/mol. The summed E-state index contributed by atoms with van der Waals surface area (Å²) in [6, 6.07) is -4.12. The monoisotopic (exact) mass is 639 g/mol. The van der Waals surface area contributed by atoms with E-state index in [0.29, 0.717) is 0 Å². The van der Waals surface area contributed by atoms with Gasteiger partial charge in [0.05, 0.1) is 37.4 Å².